The Hall–Kier alpha value is -1.71. The standard InChI is InChI=1S/C13H18FN3/c1-2-3-4-12-9-13(15)16-17(12)11-7-5-10(14)6-8-11/h5-9,12,16H,2-4,15H2,1H3. The molecule has 3 N–H and O–H groups in total. The highest BCUT2D eigenvalue weighted by atomic mass is 19.1. The van der Waals surface area contributed by atoms with Crippen molar-refractivity contribution in [3.8, 4) is 0 Å². The van der Waals surface area contributed by atoms with Crippen LogP contribution in [0.5, 0.6) is 0 Å². The zero-order valence-electron chi connectivity index (χ0n) is 9.99. The van der Waals surface area contributed by atoms with Crippen molar-refractivity contribution in [1.82, 2.24) is 5.43 Å². The molecule has 1 aliphatic heterocycles. The summed E-state index contributed by atoms with van der Waals surface area (Å²) < 4.78 is 12.9. The Kier molecular flexibility index (Phi) is 3.52. The number of hydrogen-bond donors (Lipinski definition) is 2. The molecule has 0 amide bonds. The Morgan fingerprint density at radius 2 is 2.06 bits per heavy atom. The number of hydrogen-bond acceptors (Lipinski definition) is 3. The van der Waals surface area contributed by atoms with Crippen LogP contribution in [-0.4, -0.2) is 6.04 Å². The van der Waals surface area contributed by atoms with Crippen molar-refractivity contribution < 1.29 is 4.39 Å². The summed E-state index contributed by atoms with van der Waals surface area (Å²) in [5.74, 6) is 0.439. The normalized spacial score (nSPS) is 19.1. The van der Waals surface area contributed by atoms with Crippen LogP contribution in [0.1, 0.15) is 26.2 Å². The average molecular weight is 235 g/mol. The molecule has 92 valence electrons. The third-order valence-electron chi connectivity index (χ3n) is 2.91. The van der Waals surface area contributed by atoms with Crippen LogP contribution in [0.15, 0.2) is 36.2 Å². The van der Waals surface area contributed by atoms with E-state index in [-0.39, 0.29) is 11.9 Å². The van der Waals surface area contributed by atoms with Gasteiger partial charge in [0.15, 0.2) is 0 Å². The Morgan fingerprint density at radius 1 is 1.35 bits per heavy atom. The molecule has 1 aromatic rings. The summed E-state index contributed by atoms with van der Waals surface area (Å²) in [4.78, 5) is 0. The molecule has 17 heavy (non-hydrogen) atoms. The average Bonchev–Trinajstić information content (AvgIpc) is 2.69. The van der Waals surface area contributed by atoms with Gasteiger partial charge in [0.2, 0.25) is 0 Å². The molecular formula is C13H18FN3. The highest BCUT2D eigenvalue weighted by Crippen LogP contribution is 2.23. The van der Waals surface area contributed by atoms with Gasteiger partial charge in [-0.3, -0.25) is 10.4 Å². The van der Waals surface area contributed by atoms with Crippen molar-refractivity contribution in [3.63, 3.8) is 0 Å². The van der Waals surface area contributed by atoms with Crippen molar-refractivity contribution in [1.29, 1.82) is 0 Å². The molecule has 0 bridgehead atoms. The number of halogens is 1. The molecule has 3 nitrogen and oxygen atoms in total. The highest BCUT2D eigenvalue weighted by Gasteiger charge is 2.22. The molecule has 1 aromatic carbocycles. The van der Waals surface area contributed by atoms with E-state index in [0.717, 1.165) is 24.9 Å². The molecule has 0 aromatic heterocycles. The Morgan fingerprint density at radius 3 is 2.71 bits per heavy atom. The molecule has 1 aliphatic rings. The number of nitrogens with one attached hydrogen (secondary N) is 1. The predicted molar refractivity (Wildman–Crippen MR) is 67.6 cm³/mol. The lowest BCUT2D eigenvalue weighted by Crippen LogP contribution is -2.39. The fraction of sp³-hybridized carbons (Fsp3) is 0.385. The molecule has 2 rings (SSSR count). The minimum atomic E-state index is -0.223. The minimum Gasteiger partial charge on any atom is -0.384 e. The molecule has 0 radical (unpaired) electrons. The molecule has 1 heterocycles. The maximum atomic E-state index is 12.9. The SMILES string of the molecule is CCCCC1C=C(N)NN1c1ccc(F)cc1. The first-order chi connectivity index (χ1) is 8.20. The van der Waals surface area contributed by atoms with Crippen LogP contribution in [0.3, 0.4) is 0 Å². The molecular weight excluding hydrogens is 217 g/mol. The maximum absolute atomic E-state index is 12.9. The van der Waals surface area contributed by atoms with Gasteiger partial charge >= 0.3 is 0 Å². The van der Waals surface area contributed by atoms with Gasteiger partial charge < -0.3 is 5.73 Å². The van der Waals surface area contributed by atoms with Crippen molar-refractivity contribution in [2.24, 2.45) is 5.73 Å². The summed E-state index contributed by atoms with van der Waals surface area (Å²) in [6, 6.07) is 6.69. The van der Waals surface area contributed by atoms with Crippen molar-refractivity contribution in [3.05, 3.63) is 42.0 Å². The lowest BCUT2D eigenvalue weighted by molar-refractivity contribution is 0.592. The maximum Gasteiger partial charge on any atom is 0.123 e. The smallest absolute Gasteiger partial charge is 0.123 e. The number of nitrogens with two attached hydrogens (primary N) is 1. The van der Waals surface area contributed by atoms with Gasteiger partial charge in [-0.15, -0.1) is 0 Å². The number of nitrogens with zero attached hydrogens (tertiary/aromatic N) is 1. The second-order valence-electron chi connectivity index (χ2n) is 4.29. The molecule has 0 spiro atoms. The summed E-state index contributed by atoms with van der Waals surface area (Å²) in [5, 5.41) is 1.99. The van der Waals surface area contributed by atoms with Gasteiger partial charge in [-0.1, -0.05) is 19.8 Å². The van der Waals surface area contributed by atoms with E-state index in [9.17, 15) is 4.39 Å². The van der Waals surface area contributed by atoms with E-state index in [1.807, 2.05) is 11.1 Å². The fourth-order valence-corrected chi connectivity index (χ4v) is 2.02. The van der Waals surface area contributed by atoms with Crippen LogP contribution < -0.4 is 16.2 Å². The summed E-state index contributed by atoms with van der Waals surface area (Å²) in [5.41, 5.74) is 9.82. The first-order valence-electron chi connectivity index (χ1n) is 5.99. The quantitative estimate of drug-likeness (QED) is 0.842. The van der Waals surface area contributed by atoms with Crippen molar-refractivity contribution in [2.75, 3.05) is 5.01 Å². The lowest BCUT2D eigenvalue weighted by atomic mass is 10.1. The van der Waals surface area contributed by atoms with Crippen LogP contribution in [-0.2, 0) is 0 Å². The molecule has 0 saturated carbocycles. The van der Waals surface area contributed by atoms with E-state index >= 15 is 0 Å². The molecule has 1 atom stereocenters. The summed E-state index contributed by atoms with van der Waals surface area (Å²) in [6.07, 6.45) is 5.36. The van der Waals surface area contributed by atoms with Gasteiger partial charge in [-0.05, 0) is 36.8 Å². The number of benzene rings is 1. The highest BCUT2D eigenvalue weighted by molar-refractivity contribution is 5.49. The van der Waals surface area contributed by atoms with E-state index in [4.69, 9.17) is 5.73 Å². The fourth-order valence-electron chi connectivity index (χ4n) is 2.02. The largest absolute Gasteiger partial charge is 0.384 e. The number of rotatable bonds is 4. The van der Waals surface area contributed by atoms with Crippen LogP contribution in [0.2, 0.25) is 0 Å². The number of hydrazine groups is 1. The number of unbranched alkanes of at least 4 members (excludes halogenated alkanes) is 1. The monoisotopic (exact) mass is 235 g/mol. The van der Waals surface area contributed by atoms with E-state index in [2.05, 4.69) is 12.3 Å². The first-order valence-corrected chi connectivity index (χ1v) is 5.99. The lowest BCUT2D eigenvalue weighted by Gasteiger charge is -2.26. The van der Waals surface area contributed by atoms with Crippen molar-refractivity contribution in [2.45, 2.75) is 32.2 Å². The topological polar surface area (TPSA) is 41.3 Å². The van der Waals surface area contributed by atoms with Crippen LogP contribution in [0, 0.1) is 5.82 Å². The van der Waals surface area contributed by atoms with Crippen LogP contribution >= 0.6 is 0 Å². The second kappa shape index (κ2) is 5.08. The van der Waals surface area contributed by atoms with Crippen molar-refractivity contribution >= 4 is 5.69 Å². The van der Waals surface area contributed by atoms with Gasteiger partial charge in [0, 0.05) is 0 Å². The molecule has 4 heteroatoms. The predicted octanol–water partition coefficient (Wildman–Crippen LogP) is 2.51. The van der Waals surface area contributed by atoms with Gasteiger partial charge in [-0.25, -0.2) is 4.39 Å². The first kappa shape index (κ1) is 11.8. The van der Waals surface area contributed by atoms with E-state index in [1.54, 1.807) is 12.1 Å². The van der Waals surface area contributed by atoms with E-state index in [0.29, 0.717) is 5.82 Å². The molecule has 0 saturated heterocycles. The van der Waals surface area contributed by atoms with Crippen LogP contribution in [0.4, 0.5) is 10.1 Å². The third-order valence-corrected chi connectivity index (χ3v) is 2.91. The molecule has 0 aliphatic carbocycles. The second-order valence-corrected chi connectivity index (χ2v) is 4.29. The summed E-state index contributed by atoms with van der Waals surface area (Å²) >= 11 is 0. The zero-order valence-corrected chi connectivity index (χ0v) is 9.99. The van der Waals surface area contributed by atoms with Gasteiger partial charge in [0.25, 0.3) is 0 Å². The summed E-state index contributed by atoms with van der Waals surface area (Å²) in [7, 11) is 0. The van der Waals surface area contributed by atoms with E-state index in [1.165, 1.54) is 12.1 Å². The Balaban J connectivity index is 2.11. The zero-order chi connectivity index (χ0) is 12.3. The molecule has 0 fully saturated rings. The van der Waals surface area contributed by atoms with E-state index < -0.39 is 0 Å². The van der Waals surface area contributed by atoms with Gasteiger partial charge in [0.1, 0.15) is 11.6 Å². The Labute approximate surface area is 101 Å². The summed E-state index contributed by atoms with van der Waals surface area (Å²) in [6.45, 7) is 2.16. The van der Waals surface area contributed by atoms with Gasteiger partial charge in [-0.2, -0.15) is 0 Å². The molecule has 1 unspecified atom stereocenters. The Bertz CT molecular complexity index is 400. The third kappa shape index (κ3) is 2.70. The number of anilines is 1. The van der Waals surface area contributed by atoms with Crippen LogP contribution in [0.25, 0.3) is 0 Å². The minimum absolute atomic E-state index is 0.223. The van der Waals surface area contributed by atoms with Gasteiger partial charge in [0.05, 0.1) is 11.7 Å².